The SMILES string of the molecule is O=C(c1cn(Cc2ccccc2)nn1)N1CCCN(Cc2cccs2)CC1. The summed E-state index contributed by atoms with van der Waals surface area (Å²) in [6.45, 7) is 4.99. The number of benzene rings is 1. The van der Waals surface area contributed by atoms with Crippen molar-refractivity contribution in [3.63, 3.8) is 0 Å². The van der Waals surface area contributed by atoms with Gasteiger partial charge in [0.05, 0.1) is 12.7 Å². The fourth-order valence-corrected chi connectivity index (χ4v) is 4.11. The van der Waals surface area contributed by atoms with Gasteiger partial charge in [-0.3, -0.25) is 9.69 Å². The zero-order chi connectivity index (χ0) is 18.5. The van der Waals surface area contributed by atoms with Gasteiger partial charge in [-0.15, -0.1) is 16.4 Å². The van der Waals surface area contributed by atoms with E-state index in [9.17, 15) is 4.79 Å². The van der Waals surface area contributed by atoms with Gasteiger partial charge in [0.2, 0.25) is 0 Å². The molecule has 1 aromatic carbocycles. The Kier molecular flexibility index (Phi) is 5.60. The van der Waals surface area contributed by atoms with Gasteiger partial charge in [0, 0.05) is 37.6 Å². The maximum atomic E-state index is 12.8. The lowest BCUT2D eigenvalue weighted by Crippen LogP contribution is -2.35. The molecule has 3 heterocycles. The van der Waals surface area contributed by atoms with Gasteiger partial charge in [0.15, 0.2) is 5.69 Å². The third-order valence-electron chi connectivity index (χ3n) is 4.78. The highest BCUT2D eigenvalue weighted by Crippen LogP contribution is 2.14. The average molecular weight is 382 g/mol. The van der Waals surface area contributed by atoms with E-state index in [1.54, 1.807) is 22.2 Å². The second-order valence-corrected chi connectivity index (χ2v) is 7.82. The zero-order valence-electron chi connectivity index (χ0n) is 15.2. The van der Waals surface area contributed by atoms with Crippen LogP contribution in [0.4, 0.5) is 0 Å². The summed E-state index contributed by atoms with van der Waals surface area (Å²) in [5.41, 5.74) is 1.57. The van der Waals surface area contributed by atoms with Crippen LogP contribution in [-0.2, 0) is 13.1 Å². The van der Waals surface area contributed by atoms with E-state index in [1.807, 2.05) is 35.2 Å². The highest BCUT2D eigenvalue weighted by atomic mass is 32.1. The molecule has 0 bridgehead atoms. The van der Waals surface area contributed by atoms with Crippen molar-refractivity contribution in [3.8, 4) is 0 Å². The summed E-state index contributed by atoms with van der Waals surface area (Å²) < 4.78 is 1.73. The number of nitrogens with zero attached hydrogens (tertiary/aromatic N) is 5. The zero-order valence-corrected chi connectivity index (χ0v) is 16.0. The van der Waals surface area contributed by atoms with Crippen molar-refractivity contribution in [3.05, 3.63) is 70.2 Å². The van der Waals surface area contributed by atoms with E-state index in [0.29, 0.717) is 12.2 Å². The van der Waals surface area contributed by atoms with E-state index in [1.165, 1.54) is 4.88 Å². The topological polar surface area (TPSA) is 54.3 Å². The van der Waals surface area contributed by atoms with Gasteiger partial charge >= 0.3 is 0 Å². The molecule has 27 heavy (non-hydrogen) atoms. The van der Waals surface area contributed by atoms with E-state index < -0.39 is 0 Å². The number of carbonyl (C=O) groups is 1. The lowest BCUT2D eigenvalue weighted by molar-refractivity contribution is 0.0755. The Morgan fingerprint density at radius 1 is 1.00 bits per heavy atom. The van der Waals surface area contributed by atoms with Crippen molar-refractivity contribution in [1.29, 1.82) is 0 Å². The molecule has 1 fully saturated rings. The van der Waals surface area contributed by atoms with E-state index in [-0.39, 0.29) is 5.91 Å². The minimum absolute atomic E-state index is 0.0210. The molecule has 140 valence electrons. The van der Waals surface area contributed by atoms with Crippen molar-refractivity contribution < 1.29 is 4.79 Å². The van der Waals surface area contributed by atoms with Gasteiger partial charge in [-0.1, -0.05) is 41.6 Å². The molecule has 2 aromatic heterocycles. The molecule has 7 heteroatoms. The highest BCUT2D eigenvalue weighted by molar-refractivity contribution is 7.09. The average Bonchev–Trinajstić information content (AvgIpc) is 3.31. The number of thiophene rings is 1. The minimum atomic E-state index is -0.0210. The van der Waals surface area contributed by atoms with E-state index in [0.717, 1.165) is 44.7 Å². The summed E-state index contributed by atoms with van der Waals surface area (Å²) in [4.78, 5) is 18.5. The Bertz CT molecular complexity index is 862. The van der Waals surface area contributed by atoms with Crippen LogP contribution in [-0.4, -0.2) is 56.9 Å². The normalized spacial score (nSPS) is 15.6. The van der Waals surface area contributed by atoms with E-state index in [2.05, 4.69) is 32.7 Å². The number of amides is 1. The number of carbonyl (C=O) groups excluding carboxylic acids is 1. The monoisotopic (exact) mass is 381 g/mol. The fraction of sp³-hybridized carbons (Fsp3) is 0.350. The minimum Gasteiger partial charge on any atom is -0.336 e. The maximum absolute atomic E-state index is 12.8. The number of hydrogen-bond donors (Lipinski definition) is 0. The van der Waals surface area contributed by atoms with Crippen LogP contribution in [0.3, 0.4) is 0 Å². The molecule has 3 aromatic rings. The molecule has 1 aliphatic rings. The Hall–Kier alpha value is -2.51. The van der Waals surface area contributed by atoms with Gasteiger partial charge in [-0.05, 0) is 23.4 Å². The first kappa shape index (κ1) is 17.9. The Balaban J connectivity index is 1.35. The fourth-order valence-electron chi connectivity index (χ4n) is 3.36. The van der Waals surface area contributed by atoms with Crippen LogP contribution >= 0.6 is 11.3 Å². The molecule has 0 aliphatic carbocycles. The lowest BCUT2D eigenvalue weighted by Gasteiger charge is -2.20. The Morgan fingerprint density at radius 3 is 2.70 bits per heavy atom. The summed E-state index contributed by atoms with van der Waals surface area (Å²) in [6, 6.07) is 14.3. The molecule has 6 nitrogen and oxygen atoms in total. The van der Waals surface area contributed by atoms with Gasteiger partial charge < -0.3 is 4.90 Å². The molecule has 1 aliphatic heterocycles. The summed E-state index contributed by atoms with van der Waals surface area (Å²) in [5.74, 6) is -0.0210. The largest absolute Gasteiger partial charge is 0.336 e. The van der Waals surface area contributed by atoms with Gasteiger partial charge in [-0.2, -0.15) is 0 Å². The van der Waals surface area contributed by atoms with Crippen LogP contribution in [0.2, 0.25) is 0 Å². The maximum Gasteiger partial charge on any atom is 0.276 e. The van der Waals surface area contributed by atoms with Crippen LogP contribution in [0.5, 0.6) is 0 Å². The van der Waals surface area contributed by atoms with Crippen LogP contribution in [0, 0.1) is 0 Å². The molecule has 1 saturated heterocycles. The van der Waals surface area contributed by atoms with E-state index >= 15 is 0 Å². The van der Waals surface area contributed by atoms with Crippen molar-refractivity contribution in [2.45, 2.75) is 19.5 Å². The Labute approximate surface area is 163 Å². The first-order chi connectivity index (χ1) is 13.3. The first-order valence-corrected chi connectivity index (χ1v) is 10.1. The summed E-state index contributed by atoms with van der Waals surface area (Å²) >= 11 is 1.79. The number of hydrogen-bond acceptors (Lipinski definition) is 5. The van der Waals surface area contributed by atoms with Crippen LogP contribution in [0.1, 0.15) is 27.3 Å². The molecule has 0 spiro atoms. The van der Waals surface area contributed by atoms with Gasteiger partial charge in [0.1, 0.15) is 0 Å². The smallest absolute Gasteiger partial charge is 0.276 e. The molecular weight excluding hydrogens is 358 g/mol. The Morgan fingerprint density at radius 2 is 1.89 bits per heavy atom. The third kappa shape index (κ3) is 4.61. The second kappa shape index (κ2) is 8.45. The van der Waals surface area contributed by atoms with Gasteiger partial charge in [0.25, 0.3) is 5.91 Å². The number of aromatic nitrogens is 3. The highest BCUT2D eigenvalue weighted by Gasteiger charge is 2.22. The third-order valence-corrected chi connectivity index (χ3v) is 5.64. The summed E-state index contributed by atoms with van der Waals surface area (Å²) in [6.07, 6.45) is 2.74. The molecule has 0 radical (unpaired) electrons. The molecule has 0 N–H and O–H groups in total. The second-order valence-electron chi connectivity index (χ2n) is 6.79. The van der Waals surface area contributed by atoms with Crippen molar-refractivity contribution in [2.24, 2.45) is 0 Å². The molecule has 4 rings (SSSR count). The van der Waals surface area contributed by atoms with Crippen molar-refractivity contribution in [1.82, 2.24) is 24.8 Å². The van der Waals surface area contributed by atoms with E-state index in [4.69, 9.17) is 0 Å². The quantitative estimate of drug-likeness (QED) is 0.682. The van der Waals surface area contributed by atoms with Crippen LogP contribution in [0.15, 0.2) is 54.0 Å². The standard InChI is InChI=1S/C20H23N5OS/c26-20(19-16-25(22-21-19)14-17-6-2-1-3-7-17)24-10-5-9-23(11-12-24)15-18-8-4-13-27-18/h1-4,6-8,13,16H,5,9-12,14-15H2. The first-order valence-electron chi connectivity index (χ1n) is 9.26. The van der Waals surface area contributed by atoms with Crippen LogP contribution < -0.4 is 0 Å². The summed E-state index contributed by atoms with van der Waals surface area (Å²) in [7, 11) is 0. The molecule has 0 unspecified atom stereocenters. The van der Waals surface area contributed by atoms with Crippen LogP contribution in [0.25, 0.3) is 0 Å². The molecule has 1 amide bonds. The molecule has 0 atom stereocenters. The predicted octanol–water partition coefficient (Wildman–Crippen LogP) is 2.74. The molecular formula is C20H23N5OS. The van der Waals surface area contributed by atoms with Crippen molar-refractivity contribution >= 4 is 17.2 Å². The predicted molar refractivity (Wildman–Crippen MR) is 106 cm³/mol. The summed E-state index contributed by atoms with van der Waals surface area (Å²) in [5, 5.41) is 10.3. The molecule has 0 saturated carbocycles. The van der Waals surface area contributed by atoms with Gasteiger partial charge in [-0.25, -0.2) is 4.68 Å². The van der Waals surface area contributed by atoms with Crippen molar-refractivity contribution in [2.75, 3.05) is 26.2 Å². The lowest BCUT2D eigenvalue weighted by atomic mass is 10.2. The number of rotatable bonds is 5.